The summed E-state index contributed by atoms with van der Waals surface area (Å²) in [5, 5.41) is 11.3. The number of benzene rings is 1. The molecule has 0 fully saturated rings. The summed E-state index contributed by atoms with van der Waals surface area (Å²) in [6.45, 7) is 0.321. The molecule has 3 heterocycles. The molecule has 33 heavy (non-hydrogen) atoms. The first-order valence-electron chi connectivity index (χ1n) is 9.46. The Morgan fingerprint density at radius 3 is 2.64 bits per heavy atom. The quantitative estimate of drug-likeness (QED) is 0.348. The number of halogens is 4. The van der Waals surface area contributed by atoms with E-state index in [2.05, 4.69) is 20.5 Å². The molecule has 0 aliphatic heterocycles. The Labute approximate surface area is 195 Å². The van der Waals surface area contributed by atoms with Crippen molar-refractivity contribution < 1.29 is 22.4 Å². The highest BCUT2D eigenvalue weighted by atomic mass is 35.5. The lowest BCUT2D eigenvalue weighted by atomic mass is 10.2. The Balaban J connectivity index is 1.51. The van der Waals surface area contributed by atoms with Crippen molar-refractivity contribution in [3.8, 4) is 11.4 Å². The first-order valence-corrected chi connectivity index (χ1v) is 10.8. The Kier molecular flexibility index (Phi) is 6.70. The standard InChI is InChI=1S/C21H15ClF3N5O2S/c22-16-4-3-14(21(23,24)25)10-17(16)27-18(31)12-33-20-29-28-19(13-5-7-26-8-6-13)30(20)11-15-2-1-9-32-15/h1-10H,11-12H2,(H,27,31). The monoisotopic (exact) mass is 493 g/mol. The van der Waals surface area contributed by atoms with Crippen LogP contribution < -0.4 is 5.32 Å². The summed E-state index contributed by atoms with van der Waals surface area (Å²) in [5.74, 6) is 0.545. The molecule has 0 radical (unpaired) electrons. The third kappa shape index (κ3) is 5.55. The Morgan fingerprint density at radius 2 is 1.94 bits per heavy atom. The zero-order chi connectivity index (χ0) is 23.4. The molecule has 1 N–H and O–H groups in total. The summed E-state index contributed by atoms with van der Waals surface area (Å²) in [5.41, 5.74) is -0.252. The highest BCUT2D eigenvalue weighted by Crippen LogP contribution is 2.34. The van der Waals surface area contributed by atoms with Crippen molar-refractivity contribution in [1.82, 2.24) is 19.7 Å². The van der Waals surface area contributed by atoms with Crippen molar-refractivity contribution >= 4 is 35.0 Å². The van der Waals surface area contributed by atoms with E-state index < -0.39 is 17.6 Å². The van der Waals surface area contributed by atoms with Gasteiger partial charge in [0.1, 0.15) is 5.76 Å². The van der Waals surface area contributed by atoms with E-state index in [1.165, 1.54) is 0 Å². The van der Waals surface area contributed by atoms with Crippen molar-refractivity contribution in [2.75, 3.05) is 11.1 Å². The molecule has 0 spiro atoms. The number of thioether (sulfide) groups is 1. The Bertz CT molecular complexity index is 1250. The fourth-order valence-corrected chi connectivity index (χ4v) is 3.83. The predicted molar refractivity (Wildman–Crippen MR) is 117 cm³/mol. The average molecular weight is 494 g/mol. The van der Waals surface area contributed by atoms with Gasteiger partial charge < -0.3 is 9.73 Å². The van der Waals surface area contributed by atoms with Gasteiger partial charge in [-0.2, -0.15) is 13.2 Å². The van der Waals surface area contributed by atoms with Crippen LogP contribution in [0.5, 0.6) is 0 Å². The van der Waals surface area contributed by atoms with Gasteiger partial charge in [-0.25, -0.2) is 0 Å². The lowest BCUT2D eigenvalue weighted by Crippen LogP contribution is -2.16. The normalized spacial score (nSPS) is 11.5. The lowest BCUT2D eigenvalue weighted by molar-refractivity contribution is -0.137. The van der Waals surface area contributed by atoms with E-state index in [9.17, 15) is 18.0 Å². The fraction of sp³-hybridized carbons (Fsp3) is 0.143. The van der Waals surface area contributed by atoms with E-state index in [-0.39, 0.29) is 16.5 Å². The van der Waals surface area contributed by atoms with Crippen molar-refractivity contribution in [3.05, 3.63) is 77.5 Å². The van der Waals surface area contributed by atoms with Crippen molar-refractivity contribution in [2.45, 2.75) is 17.9 Å². The number of rotatable bonds is 7. The van der Waals surface area contributed by atoms with E-state index in [4.69, 9.17) is 16.0 Å². The van der Waals surface area contributed by atoms with Gasteiger partial charge in [-0.15, -0.1) is 10.2 Å². The minimum Gasteiger partial charge on any atom is -0.467 e. The number of anilines is 1. The number of aromatic nitrogens is 4. The molecular weight excluding hydrogens is 479 g/mol. The van der Waals surface area contributed by atoms with Crippen molar-refractivity contribution in [1.29, 1.82) is 0 Å². The second-order valence-corrected chi connectivity index (χ2v) is 8.09. The zero-order valence-corrected chi connectivity index (χ0v) is 18.3. The molecule has 7 nitrogen and oxygen atoms in total. The summed E-state index contributed by atoms with van der Waals surface area (Å²) in [6, 6.07) is 9.85. The topological polar surface area (TPSA) is 85.8 Å². The summed E-state index contributed by atoms with van der Waals surface area (Å²) in [6.07, 6.45) is 0.246. The van der Waals surface area contributed by atoms with E-state index in [1.807, 2.05) is 0 Å². The number of nitrogens with zero attached hydrogens (tertiary/aromatic N) is 4. The van der Waals surface area contributed by atoms with Crippen LogP contribution in [0, 0.1) is 0 Å². The molecule has 0 aliphatic carbocycles. The molecule has 0 saturated heterocycles. The molecule has 12 heteroatoms. The Hall–Kier alpha value is -3.31. The van der Waals surface area contributed by atoms with Crippen LogP contribution in [0.4, 0.5) is 18.9 Å². The van der Waals surface area contributed by atoms with Gasteiger partial charge >= 0.3 is 6.18 Å². The number of hydrogen-bond donors (Lipinski definition) is 1. The molecule has 4 rings (SSSR count). The smallest absolute Gasteiger partial charge is 0.416 e. The van der Waals surface area contributed by atoms with Crippen LogP contribution in [-0.4, -0.2) is 31.4 Å². The van der Waals surface area contributed by atoms with E-state index in [0.717, 1.165) is 35.5 Å². The van der Waals surface area contributed by atoms with E-state index in [0.29, 0.717) is 23.3 Å². The highest BCUT2D eigenvalue weighted by Gasteiger charge is 2.31. The number of pyridine rings is 1. The largest absolute Gasteiger partial charge is 0.467 e. The number of amides is 1. The second kappa shape index (κ2) is 9.67. The molecule has 0 bridgehead atoms. The molecular formula is C21H15ClF3N5O2S. The Morgan fingerprint density at radius 1 is 1.15 bits per heavy atom. The average Bonchev–Trinajstić information content (AvgIpc) is 3.44. The van der Waals surface area contributed by atoms with Gasteiger partial charge in [0.05, 0.1) is 34.8 Å². The van der Waals surface area contributed by atoms with Crippen molar-refractivity contribution in [2.24, 2.45) is 0 Å². The molecule has 1 amide bonds. The van der Waals surface area contributed by atoms with Gasteiger partial charge in [-0.05, 0) is 42.5 Å². The van der Waals surface area contributed by atoms with Gasteiger partial charge in [-0.3, -0.25) is 14.3 Å². The van der Waals surface area contributed by atoms with Crippen LogP contribution in [0.15, 0.2) is 70.7 Å². The first-order chi connectivity index (χ1) is 15.8. The van der Waals surface area contributed by atoms with Crippen LogP contribution in [0.2, 0.25) is 5.02 Å². The first kappa shape index (κ1) is 22.9. The van der Waals surface area contributed by atoms with Crippen LogP contribution in [0.3, 0.4) is 0 Å². The number of carbonyl (C=O) groups excluding carboxylic acids is 1. The van der Waals surface area contributed by atoms with Gasteiger partial charge in [0, 0.05) is 18.0 Å². The second-order valence-electron chi connectivity index (χ2n) is 6.74. The molecule has 0 aliphatic rings. The number of hydrogen-bond acceptors (Lipinski definition) is 6. The number of carbonyl (C=O) groups is 1. The summed E-state index contributed by atoms with van der Waals surface area (Å²) < 4.78 is 46.1. The summed E-state index contributed by atoms with van der Waals surface area (Å²) >= 11 is 7.03. The minimum absolute atomic E-state index is 0.00214. The van der Waals surface area contributed by atoms with Gasteiger partial charge in [0.25, 0.3) is 0 Å². The number of furan rings is 1. The maximum atomic E-state index is 13.0. The van der Waals surface area contributed by atoms with Gasteiger partial charge in [0.15, 0.2) is 11.0 Å². The minimum atomic E-state index is -4.55. The number of alkyl halides is 3. The lowest BCUT2D eigenvalue weighted by Gasteiger charge is -2.12. The highest BCUT2D eigenvalue weighted by molar-refractivity contribution is 7.99. The molecule has 4 aromatic rings. The zero-order valence-electron chi connectivity index (χ0n) is 16.7. The van der Waals surface area contributed by atoms with Crippen LogP contribution in [-0.2, 0) is 17.5 Å². The molecule has 3 aromatic heterocycles. The third-order valence-corrected chi connectivity index (χ3v) is 5.75. The number of nitrogens with one attached hydrogen (secondary N) is 1. The van der Waals surface area contributed by atoms with Crippen LogP contribution in [0.25, 0.3) is 11.4 Å². The van der Waals surface area contributed by atoms with Crippen LogP contribution in [0.1, 0.15) is 11.3 Å². The maximum Gasteiger partial charge on any atom is 0.416 e. The van der Waals surface area contributed by atoms with Gasteiger partial charge in [-0.1, -0.05) is 23.4 Å². The SMILES string of the molecule is O=C(CSc1nnc(-c2ccncc2)n1Cc1ccco1)Nc1cc(C(F)(F)F)ccc1Cl. The van der Waals surface area contributed by atoms with Crippen molar-refractivity contribution in [3.63, 3.8) is 0 Å². The molecule has 0 saturated carbocycles. The third-order valence-electron chi connectivity index (χ3n) is 4.45. The molecule has 0 unspecified atom stereocenters. The molecule has 1 aromatic carbocycles. The van der Waals surface area contributed by atoms with Crippen LogP contribution >= 0.6 is 23.4 Å². The summed E-state index contributed by atoms with van der Waals surface area (Å²) in [4.78, 5) is 16.4. The van der Waals surface area contributed by atoms with E-state index in [1.54, 1.807) is 47.5 Å². The maximum absolute atomic E-state index is 13.0. The summed E-state index contributed by atoms with van der Waals surface area (Å²) in [7, 11) is 0. The fourth-order valence-electron chi connectivity index (χ4n) is 2.92. The van der Waals surface area contributed by atoms with Gasteiger partial charge in [0.2, 0.25) is 5.91 Å². The molecule has 170 valence electrons. The van der Waals surface area contributed by atoms with E-state index >= 15 is 0 Å². The molecule has 0 atom stereocenters. The predicted octanol–water partition coefficient (Wildman–Crippen LogP) is 5.38.